The van der Waals surface area contributed by atoms with Crippen LogP contribution in [0.15, 0.2) is 10.6 Å². The molecule has 1 atom stereocenters. The van der Waals surface area contributed by atoms with Crippen LogP contribution in [0.2, 0.25) is 0 Å². The summed E-state index contributed by atoms with van der Waals surface area (Å²) >= 11 is 1.51. The molecule has 0 saturated carbocycles. The van der Waals surface area contributed by atoms with E-state index in [9.17, 15) is 4.79 Å². The molecule has 1 unspecified atom stereocenters. The third-order valence-corrected chi connectivity index (χ3v) is 3.98. The highest BCUT2D eigenvalue weighted by molar-refractivity contribution is 7.14. The van der Waals surface area contributed by atoms with Crippen LogP contribution < -0.4 is 5.32 Å². The molecule has 102 valence electrons. The smallest absolute Gasteiger partial charge is 0.262 e. The second-order valence-electron chi connectivity index (χ2n) is 4.42. The van der Waals surface area contributed by atoms with Gasteiger partial charge in [0.05, 0.1) is 4.88 Å². The summed E-state index contributed by atoms with van der Waals surface area (Å²) in [5, 5.41) is 6.58. The Morgan fingerprint density at radius 3 is 2.79 bits per heavy atom. The zero-order chi connectivity index (χ0) is 14.0. The fourth-order valence-electron chi connectivity index (χ4n) is 1.80. The van der Waals surface area contributed by atoms with Gasteiger partial charge in [0.15, 0.2) is 5.82 Å². The number of carbonyl (C=O) groups excluding carboxylic acids is 1. The van der Waals surface area contributed by atoms with Crippen LogP contribution in [0.3, 0.4) is 0 Å². The molecule has 0 fully saturated rings. The topological polar surface area (TPSA) is 68.0 Å². The molecule has 1 N–H and O–H groups in total. The van der Waals surface area contributed by atoms with Crippen LogP contribution in [0.1, 0.15) is 51.7 Å². The highest BCUT2D eigenvalue weighted by Gasteiger charge is 2.18. The van der Waals surface area contributed by atoms with Gasteiger partial charge in [-0.15, -0.1) is 11.3 Å². The fourth-order valence-corrected chi connectivity index (χ4v) is 2.82. The van der Waals surface area contributed by atoms with E-state index in [-0.39, 0.29) is 11.9 Å². The van der Waals surface area contributed by atoms with Crippen molar-refractivity contribution < 1.29 is 9.32 Å². The largest absolute Gasteiger partial charge is 0.340 e. The Morgan fingerprint density at radius 2 is 2.26 bits per heavy atom. The Morgan fingerprint density at radius 1 is 1.53 bits per heavy atom. The summed E-state index contributed by atoms with van der Waals surface area (Å²) in [6.45, 7) is 7.69. The quantitative estimate of drug-likeness (QED) is 0.934. The summed E-state index contributed by atoms with van der Waals surface area (Å²) in [5.41, 5.74) is 1.22. The number of thiophene rings is 1. The van der Waals surface area contributed by atoms with Gasteiger partial charge < -0.3 is 9.84 Å². The van der Waals surface area contributed by atoms with Crippen LogP contribution in [-0.4, -0.2) is 16.0 Å². The van der Waals surface area contributed by atoms with E-state index < -0.39 is 0 Å². The molecule has 0 aromatic carbocycles. The van der Waals surface area contributed by atoms with Crippen LogP contribution in [-0.2, 0) is 6.42 Å². The SMILES string of the molecule is CCc1cc(C(=O)NC(C)c2nc(C)no2)sc1C. The van der Waals surface area contributed by atoms with Gasteiger partial charge in [-0.05, 0) is 38.8 Å². The van der Waals surface area contributed by atoms with Gasteiger partial charge in [-0.2, -0.15) is 4.98 Å². The Labute approximate surface area is 116 Å². The standard InChI is InChI=1S/C13H17N3O2S/c1-5-10-6-11(19-8(10)3)12(17)14-7(2)13-15-9(4)16-18-13/h6-7H,5H2,1-4H3,(H,14,17). The summed E-state index contributed by atoms with van der Waals surface area (Å²) in [4.78, 5) is 18.1. The molecule has 0 aliphatic rings. The molecule has 0 bridgehead atoms. The number of aromatic nitrogens is 2. The Kier molecular flexibility index (Phi) is 3.99. The number of hydrogen-bond donors (Lipinski definition) is 1. The van der Waals surface area contributed by atoms with E-state index in [0.29, 0.717) is 11.7 Å². The number of aryl methyl sites for hydroxylation is 3. The Hall–Kier alpha value is -1.69. The monoisotopic (exact) mass is 279 g/mol. The van der Waals surface area contributed by atoms with E-state index in [1.54, 1.807) is 6.92 Å². The first kappa shape index (κ1) is 13.7. The number of hydrogen-bond acceptors (Lipinski definition) is 5. The number of amides is 1. The molecule has 0 saturated heterocycles. The van der Waals surface area contributed by atoms with Gasteiger partial charge >= 0.3 is 0 Å². The fraction of sp³-hybridized carbons (Fsp3) is 0.462. The molecule has 19 heavy (non-hydrogen) atoms. The van der Waals surface area contributed by atoms with Crippen molar-refractivity contribution in [3.8, 4) is 0 Å². The van der Waals surface area contributed by atoms with Crippen LogP contribution in [0.25, 0.3) is 0 Å². The van der Waals surface area contributed by atoms with Gasteiger partial charge in [0, 0.05) is 4.88 Å². The van der Waals surface area contributed by atoms with Gasteiger partial charge in [-0.3, -0.25) is 4.79 Å². The van der Waals surface area contributed by atoms with Gasteiger partial charge in [-0.1, -0.05) is 12.1 Å². The van der Waals surface area contributed by atoms with Crippen molar-refractivity contribution in [3.05, 3.63) is 33.1 Å². The molecule has 2 rings (SSSR count). The molecule has 0 radical (unpaired) electrons. The average Bonchev–Trinajstić information content (AvgIpc) is 2.95. The lowest BCUT2D eigenvalue weighted by Gasteiger charge is -2.07. The van der Waals surface area contributed by atoms with Gasteiger partial charge in [0.25, 0.3) is 5.91 Å². The minimum Gasteiger partial charge on any atom is -0.340 e. The summed E-state index contributed by atoms with van der Waals surface area (Å²) in [6, 6.07) is 1.65. The van der Waals surface area contributed by atoms with Crippen LogP contribution in [0.4, 0.5) is 0 Å². The van der Waals surface area contributed by atoms with Gasteiger partial charge in [0.1, 0.15) is 6.04 Å². The van der Waals surface area contributed by atoms with E-state index in [1.807, 2.05) is 19.9 Å². The first-order chi connectivity index (χ1) is 9.01. The van der Waals surface area contributed by atoms with Crippen molar-refractivity contribution in [2.24, 2.45) is 0 Å². The molecular formula is C13H17N3O2S. The molecule has 2 aromatic heterocycles. The maximum Gasteiger partial charge on any atom is 0.262 e. The van der Waals surface area contributed by atoms with Crippen LogP contribution in [0.5, 0.6) is 0 Å². The molecule has 6 heteroatoms. The van der Waals surface area contributed by atoms with Crippen molar-refractivity contribution in [3.63, 3.8) is 0 Å². The molecule has 2 aromatic rings. The highest BCUT2D eigenvalue weighted by Crippen LogP contribution is 2.22. The number of nitrogens with zero attached hydrogens (tertiary/aromatic N) is 2. The Balaban J connectivity index is 2.08. The van der Waals surface area contributed by atoms with Crippen molar-refractivity contribution in [1.29, 1.82) is 0 Å². The average molecular weight is 279 g/mol. The lowest BCUT2D eigenvalue weighted by atomic mass is 10.2. The van der Waals surface area contributed by atoms with Crippen LogP contribution >= 0.6 is 11.3 Å². The van der Waals surface area contributed by atoms with Crippen LogP contribution in [0, 0.1) is 13.8 Å². The van der Waals surface area contributed by atoms with Gasteiger partial charge in [0.2, 0.25) is 5.89 Å². The molecule has 0 aliphatic heterocycles. The van der Waals surface area contributed by atoms with Crippen molar-refractivity contribution in [2.75, 3.05) is 0 Å². The summed E-state index contributed by atoms with van der Waals surface area (Å²) in [5.74, 6) is 0.891. The Bertz CT molecular complexity index is 588. The normalized spacial score (nSPS) is 12.4. The first-order valence-electron chi connectivity index (χ1n) is 6.21. The minimum absolute atomic E-state index is 0.101. The van der Waals surface area contributed by atoms with Crippen molar-refractivity contribution >= 4 is 17.2 Å². The van der Waals surface area contributed by atoms with Crippen molar-refractivity contribution in [1.82, 2.24) is 15.5 Å². The van der Waals surface area contributed by atoms with E-state index in [1.165, 1.54) is 21.8 Å². The first-order valence-corrected chi connectivity index (χ1v) is 7.03. The van der Waals surface area contributed by atoms with Crippen molar-refractivity contribution in [2.45, 2.75) is 40.2 Å². The second kappa shape index (κ2) is 5.52. The summed E-state index contributed by atoms with van der Waals surface area (Å²) in [7, 11) is 0. The number of carbonyl (C=O) groups is 1. The lowest BCUT2D eigenvalue weighted by Crippen LogP contribution is -2.26. The number of rotatable bonds is 4. The summed E-state index contributed by atoms with van der Waals surface area (Å²) < 4.78 is 5.04. The highest BCUT2D eigenvalue weighted by atomic mass is 32.1. The minimum atomic E-state index is -0.291. The predicted octanol–water partition coefficient (Wildman–Crippen LogP) is 2.80. The number of nitrogens with one attached hydrogen (secondary N) is 1. The predicted molar refractivity (Wildman–Crippen MR) is 73.4 cm³/mol. The molecule has 0 spiro atoms. The lowest BCUT2D eigenvalue weighted by molar-refractivity contribution is 0.0936. The molecule has 1 amide bonds. The third kappa shape index (κ3) is 3.01. The molecule has 2 heterocycles. The van der Waals surface area contributed by atoms with E-state index >= 15 is 0 Å². The second-order valence-corrected chi connectivity index (χ2v) is 5.68. The zero-order valence-corrected chi connectivity index (χ0v) is 12.3. The van der Waals surface area contributed by atoms with E-state index in [2.05, 4.69) is 22.4 Å². The molecule has 5 nitrogen and oxygen atoms in total. The maximum absolute atomic E-state index is 12.1. The van der Waals surface area contributed by atoms with E-state index in [4.69, 9.17) is 4.52 Å². The zero-order valence-electron chi connectivity index (χ0n) is 11.5. The van der Waals surface area contributed by atoms with E-state index in [0.717, 1.165) is 11.3 Å². The molecule has 0 aliphatic carbocycles. The molecular weight excluding hydrogens is 262 g/mol. The third-order valence-electron chi connectivity index (χ3n) is 2.89. The maximum atomic E-state index is 12.1. The van der Waals surface area contributed by atoms with Gasteiger partial charge in [-0.25, -0.2) is 0 Å². The summed E-state index contributed by atoms with van der Waals surface area (Å²) in [6.07, 6.45) is 0.939.